The SMILES string of the molecule is COc1c(N)ncnc1NC(C)CN1CCCCC1. The summed E-state index contributed by atoms with van der Waals surface area (Å²) < 4.78 is 5.24. The van der Waals surface area contributed by atoms with Crippen molar-refractivity contribution in [1.82, 2.24) is 14.9 Å². The van der Waals surface area contributed by atoms with E-state index in [0.717, 1.165) is 6.54 Å². The Morgan fingerprint density at radius 2 is 2.11 bits per heavy atom. The van der Waals surface area contributed by atoms with E-state index in [1.54, 1.807) is 7.11 Å². The van der Waals surface area contributed by atoms with Gasteiger partial charge in [-0.1, -0.05) is 6.42 Å². The van der Waals surface area contributed by atoms with Crippen molar-refractivity contribution in [3.05, 3.63) is 6.33 Å². The summed E-state index contributed by atoms with van der Waals surface area (Å²) in [5.41, 5.74) is 5.77. The molecule has 6 heteroatoms. The van der Waals surface area contributed by atoms with Gasteiger partial charge in [0.15, 0.2) is 11.6 Å². The minimum atomic E-state index is 0.293. The number of nitrogens with two attached hydrogens (primary N) is 1. The fourth-order valence-electron chi connectivity index (χ4n) is 2.50. The minimum Gasteiger partial charge on any atom is -0.490 e. The average Bonchev–Trinajstić information content (AvgIpc) is 2.40. The molecule has 2 heterocycles. The Morgan fingerprint density at radius 3 is 2.79 bits per heavy atom. The number of piperidine rings is 1. The van der Waals surface area contributed by atoms with Crippen LogP contribution in [-0.4, -0.2) is 47.7 Å². The number of aromatic nitrogens is 2. The van der Waals surface area contributed by atoms with Gasteiger partial charge in [-0.3, -0.25) is 0 Å². The van der Waals surface area contributed by atoms with Crippen LogP contribution in [0.1, 0.15) is 26.2 Å². The number of hydrogen-bond acceptors (Lipinski definition) is 6. The maximum atomic E-state index is 5.77. The molecule has 1 aliphatic rings. The van der Waals surface area contributed by atoms with Crippen LogP contribution in [0.5, 0.6) is 5.75 Å². The lowest BCUT2D eigenvalue weighted by Crippen LogP contribution is -2.38. The van der Waals surface area contributed by atoms with Crippen molar-refractivity contribution in [3.8, 4) is 5.75 Å². The molecule has 6 nitrogen and oxygen atoms in total. The summed E-state index contributed by atoms with van der Waals surface area (Å²) in [5, 5.41) is 3.35. The Balaban J connectivity index is 1.94. The van der Waals surface area contributed by atoms with E-state index < -0.39 is 0 Å². The molecule has 0 saturated carbocycles. The number of nitrogens with one attached hydrogen (secondary N) is 1. The molecule has 0 amide bonds. The normalized spacial score (nSPS) is 18.0. The molecule has 1 aliphatic heterocycles. The van der Waals surface area contributed by atoms with E-state index in [1.165, 1.54) is 38.7 Å². The van der Waals surface area contributed by atoms with Gasteiger partial charge >= 0.3 is 0 Å². The number of rotatable bonds is 5. The van der Waals surface area contributed by atoms with E-state index in [0.29, 0.717) is 23.4 Å². The summed E-state index contributed by atoms with van der Waals surface area (Å²) in [7, 11) is 1.58. The molecule has 0 radical (unpaired) electrons. The van der Waals surface area contributed by atoms with Gasteiger partial charge in [-0.15, -0.1) is 0 Å². The van der Waals surface area contributed by atoms with Crippen LogP contribution in [0.2, 0.25) is 0 Å². The molecule has 0 aromatic carbocycles. The number of nitrogens with zero attached hydrogens (tertiary/aromatic N) is 3. The van der Waals surface area contributed by atoms with E-state index in [9.17, 15) is 0 Å². The monoisotopic (exact) mass is 265 g/mol. The quantitative estimate of drug-likeness (QED) is 0.837. The highest BCUT2D eigenvalue weighted by Gasteiger charge is 2.16. The Kier molecular flexibility index (Phi) is 4.79. The third-order valence-electron chi connectivity index (χ3n) is 3.40. The highest BCUT2D eigenvalue weighted by Crippen LogP contribution is 2.26. The minimum absolute atomic E-state index is 0.293. The number of likely N-dealkylation sites (tertiary alicyclic amines) is 1. The first-order valence-electron chi connectivity index (χ1n) is 6.84. The van der Waals surface area contributed by atoms with E-state index in [2.05, 4.69) is 27.1 Å². The number of hydrogen-bond donors (Lipinski definition) is 2. The van der Waals surface area contributed by atoms with Gasteiger partial charge in [-0.2, -0.15) is 0 Å². The third kappa shape index (κ3) is 3.70. The molecule has 0 spiro atoms. The second-order valence-electron chi connectivity index (χ2n) is 5.05. The van der Waals surface area contributed by atoms with Gasteiger partial charge in [0.1, 0.15) is 6.33 Å². The van der Waals surface area contributed by atoms with Crippen molar-refractivity contribution >= 4 is 11.6 Å². The summed E-state index contributed by atoms with van der Waals surface area (Å²) in [5.74, 6) is 1.55. The molecule has 2 rings (SSSR count). The van der Waals surface area contributed by atoms with E-state index in [1.807, 2.05) is 0 Å². The fraction of sp³-hybridized carbons (Fsp3) is 0.692. The highest BCUT2D eigenvalue weighted by atomic mass is 16.5. The number of anilines is 2. The van der Waals surface area contributed by atoms with Crippen LogP contribution in [0, 0.1) is 0 Å². The molecule has 1 atom stereocenters. The Morgan fingerprint density at radius 1 is 1.37 bits per heavy atom. The van der Waals surface area contributed by atoms with Crippen LogP contribution < -0.4 is 15.8 Å². The zero-order chi connectivity index (χ0) is 13.7. The van der Waals surface area contributed by atoms with E-state index >= 15 is 0 Å². The average molecular weight is 265 g/mol. The summed E-state index contributed by atoms with van der Waals surface area (Å²) in [6, 6.07) is 0.293. The predicted octanol–water partition coefficient (Wildman–Crippen LogP) is 1.35. The van der Waals surface area contributed by atoms with Gasteiger partial charge < -0.3 is 20.7 Å². The maximum Gasteiger partial charge on any atom is 0.203 e. The van der Waals surface area contributed by atoms with Crippen molar-refractivity contribution in [3.63, 3.8) is 0 Å². The van der Waals surface area contributed by atoms with Crippen molar-refractivity contribution < 1.29 is 4.74 Å². The lowest BCUT2D eigenvalue weighted by atomic mass is 10.1. The molecule has 19 heavy (non-hydrogen) atoms. The number of nitrogen functional groups attached to an aromatic ring is 1. The van der Waals surface area contributed by atoms with E-state index in [4.69, 9.17) is 10.5 Å². The molecular formula is C13H23N5O. The summed E-state index contributed by atoms with van der Waals surface area (Å²) in [6.07, 6.45) is 5.41. The van der Waals surface area contributed by atoms with E-state index in [-0.39, 0.29) is 0 Å². The van der Waals surface area contributed by atoms with Crippen molar-refractivity contribution in [2.45, 2.75) is 32.2 Å². The number of methoxy groups -OCH3 is 1. The van der Waals surface area contributed by atoms with Crippen LogP contribution in [0.4, 0.5) is 11.6 Å². The van der Waals surface area contributed by atoms with Crippen molar-refractivity contribution in [1.29, 1.82) is 0 Å². The first kappa shape index (κ1) is 13.9. The highest BCUT2D eigenvalue weighted by molar-refractivity contribution is 5.61. The molecule has 1 fully saturated rings. The lowest BCUT2D eigenvalue weighted by Gasteiger charge is -2.29. The maximum absolute atomic E-state index is 5.77. The van der Waals surface area contributed by atoms with Crippen LogP contribution in [0.25, 0.3) is 0 Å². The molecule has 1 aromatic rings. The van der Waals surface area contributed by atoms with Gasteiger partial charge in [-0.25, -0.2) is 9.97 Å². The lowest BCUT2D eigenvalue weighted by molar-refractivity contribution is 0.223. The van der Waals surface area contributed by atoms with Crippen molar-refractivity contribution in [2.75, 3.05) is 37.8 Å². The summed E-state index contributed by atoms with van der Waals surface area (Å²) >= 11 is 0. The smallest absolute Gasteiger partial charge is 0.203 e. The summed E-state index contributed by atoms with van der Waals surface area (Å²) in [6.45, 7) is 5.53. The largest absolute Gasteiger partial charge is 0.490 e. The Labute approximate surface area is 114 Å². The first-order chi connectivity index (χ1) is 9.20. The van der Waals surface area contributed by atoms with Crippen molar-refractivity contribution in [2.24, 2.45) is 0 Å². The molecule has 3 N–H and O–H groups in total. The molecule has 106 valence electrons. The zero-order valence-corrected chi connectivity index (χ0v) is 11.7. The fourth-order valence-corrected chi connectivity index (χ4v) is 2.50. The van der Waals surface area contributed by atoms with Gasteiger partial charge in [-0.05, 0) is 32.9 Å². The Bertz CT molecular complexity index is 406. The molecule has 1 saturated heterocycles. The molecule has 1 aromatic heterocycles. The van der Waals surface area contributed by atoms with Crippen LogP contribution in [0.15, 0.2) is 6.33 Å². The van der Waals surface area contributed by atoms with Gasteiger partial charge in [0.05, 0.1) is 7.11 Å². The van der Waals surface area contributed by atoms with Gasteiger partial charge in [0, 0.05) is 12.6 Å². The van der Waals surface area contributed by atoms with Crippen LogP contribution in [-0.2, 0) is 0 Å². The van der Waals surface area contributed by atoms with Gasteiger partial charge in [0.2, 0.25) is 5.75 Å². The van der Waals surface area contributed by atoms with Gasteiger partial charge in [0.25, 0.3) is 0 Å². The molecule has 0 bridgehead atoms. The zero-order valence-electron chi connectivity index (χ0n) is 11.7. The Hall–Kier alpha value is -1.56. The topological polar surface area (TPSA) is 76.3 Å². The predicted molar refractivity (Wildman–Crippen MR) is 76.4 cm³/mol. The summed E-state index contributed by atoms with van der Waals surface area (Å²) in [4.78, 5) is 10.6. The van der Waals surface area contributed by atoms with Crippen LogP contribution >= 0.6 is 0 Å². The second kappa shape index (κ2) is 6.56. The standard InChI is InChI=1S/C13H23N5O/c1-10(8-18-6-4-3-5-7-18)17-13-11(19-2)12(14)15-9-16-13/h9-10H,3-8H2,1-2H3,(H3,14,15,16,17). The third-order valence-corrected chi connectivity index (χ3v) is 3.40. The van der Waals surface area contributed by atoms with Crippen LogP contribution in [0.3, 0.4) is 0 Å². The number of ether oxygens (including phenoxy) is 1. The molecular weight excluding hydrogens is 242 g/mol. The molecule has 0 aliphatic carbocycles. The second-order valence-corrected chi connectivity index (χ2v) is 5.05. The first-order valence-corrected chi connectivity index (χ1v) is 6.84. The molecule has 1 unspecified atom stereocenters.